The van der Waals surface area contributed by atoms with Crippen molar-refractivity contribution >= 4 is 12.6 Å². The number of aliphatic hydroxyl groups is 1. The first kappa shape index (κ1) is 18.3. The molecule has 1 aromatic carbocycles. The largest absolute Gasteiger partial charge is 0.494 e. The minimum Gasteiger partial charge on any atom is -0.493 e. The summed E-state index contributed by atoms with van der Waals surface area (Å²) in [5.41, 5.74) is 0.343. The Balaban J connectivity index is 1.95. The van der Waals surface area contributed by atoms with E-state index in [0.717, 1.165) is 24.1 Å². The van der Waals surface area contributed by atoms with E-state index in [1.165, 1.54) is 0 Å². The SMILES string of the molecule is CCC(CCO)COc1ccc(B2OC(C)(C)C(C)(C)O2)cc1. The predicted molar refractivity (Wildman–Crippen MR) is 93.1 cm³/mol. The Morgan fingerprint density at radius 1 is 1.09 bits per heavy atom. The summed E-state index contributed by atoms with van der Waals surface area (Å²) in [6.45, 7) is 11.2. The molecule has 0 amide bonds. The fraction of sp³-hybridized carbons (Fsp3) is 0.667. The van der Waals surface area contributed by atoms with Crippen molar-refractivity contribution in [3.05, 3.63) is 24.3 Å². The van der Waals surface area contributed by atoms with Crippen molar-refractivity contribution in [1.29, 1.82) is 0 Å². The fourth-order valence-corrected chi connectivity index (χ4v) is 2.50. The molecule has 1 saturated heterocycles. The van der Waals surface area contributed by atoms with E-state index in [2.05, 4.69) is 34.6 Å². The lowest BCUT2D eigenvalue weighted by Crippen LogP contribution is -2.41. The molecule has 0 spiro atoms. The number of benzene rings is 1. The maximum Gasteiger partial charge on any atom is 0.494 e. The highest BCUT2D eigenvalue weighted by atomic mass is 16.7. The summed E-state index contributed by atoms with van der Waals surface area (Å²) < 4.78 is 17.9. The molecule has 0 aliphatic carbocycles. The number of ether oxygens (including phenoxy) is 1. The highest BCUT2D eigenvalue weighted by molar-refractivity contribution is 6.62. The molecule has 0 saturated carbocycles. The molecule has 1 unspecified atom stereocenters. The molecule has 0 bridgehead atoms. The van der Waals surface area contributed by atoms with Gasteiger partial charge in [0.15, 0.2) is 0 Å². The number of hydrogen-bond acceptors (Lipinski definition) is 4. The molecule has 5 heteroatoms. The topological polar surface area (TPSA) is 47.9 Å². The van der Waals surface area contributed by atoms with Crippen LogP contribution in [0.2, 0.25) is 0 Å². The zero-order chi connectivity index (χ0) is 17.1. The van der Waals surface area contributed by atoms with Gasteiger partial charge in [-0.1, -0.05) is 19.1 Å². The van der Waals surface area contributed by atoms with Gasteiger partial charge in [-0.3, -0.25) is 0 Å². The maximum atomic E-state index is 9.02. The van der Waals surface area contributed by atoms with Crippen LogP contribution in [0.25, 0.3) is 0 Å². The van der Waals surface area contributed by atoms with Gasteiger partial charge in [0.1, 0.15) is 5.75 Å². The van der Waals surface area contributed by atoms with Gasteiger partial charge in [-0.2, -0.15) is 0 Å². The molecule has 1 N–H and O–H groups in total. The third kappa shape index (κ3) is 4.28. The van der Waals surface area contributed by atoms with Gasteiger partial charge in [0, 0.05) is 6.61 Å². The van der Waals surface area contributed by atoms with Gasteiger partial charge in [0.05, 0.1) is 17.8 Å². The third-order valence-corrected chi connectivity index (χ3v) is 5.01. The Labute approximate surface area is 140 Å². The van der Waals surface area contributed by atoms with Crippen LogP contribution < -0.4 is 10.2 Å². The minimum absolute atomic E-state index is 0.211. The molecule has 128 valence electrons. The molecule has 2 rings (SSSR count). The summed E-state index contributed by atoms with van der Waals surface area (Å²) >= 11 is 0. The second-order valence-electron chi connectivity index (χ2n) is 7.25. The van der Waals surface area contributed by atoms with Crippen LogP contribution in [0.1, 0.15) is 47.5 Å². The van der Waals surface area contributed by atoms with Crippen molar-refractivity contribution in [3.63, 3.8) is 0 Å². The Morgan fingerprint density at radius 2 is 1.65 bits per heavy atom. The Bertz CT molecular complexity index is 482. The zero-order valence-corrected chi connectivity index (χ0v) is 15.0. The van der Waals surface area contributed by atoms with Crippen LogP contribution in [0.3, 0.4) is 0 Å². The minimum atomic E-state index is -0.341. The quantitative estimate of drug-likeness (QED) is 0.785. The highest BCUT2D eigenvalue weighted by Crippen LogP contribution is 2.36. The van der Waals surface area contributed by atoms with Gasteiger partial charge >= 0.3 is 7.12 Å². The van der Waals surface area contributed by atoms with Crippen LogP contribution >= 0.6 is 0 Å². The summed E-state index contributed by atoms with van der Waals surface area (Å²) in [6.07, 6.45) is 1.79. The van der Waals surface area contributed by atoms with Crippen molar-refractivity contribution in [2.24, 2.45) is 5.92 Å². The molecule has 0 aromatic heterocycles. The van der Waals surface area contributed by atoms with Crippen molar-refractivity contribution < 1.29 is 19.2 Å². The van der Waals surface area contributed by atoms with Crippen LogP contribution in [0, 0.1) is 5.92 Å². The van der Waals surface area contributed by atoms with Crippen LogP contribution in [0.15, 0.2) is 24.3 Å². The van der Waals surface area contributed by atoms with E-state index in [1.54, 1.807) is 0 Å². The van der Waals surface area contributed by atoms with Gasteiger partial charge in [-0.05, 0) is 64.1 Å². The molecule has 1 aliphatic heterocycles. The van der Waals surface area contributed by atoms with Gasteiger partial charge in [-0.25, -0.2) is 0 Å². The average Bonchev–Trinajstić information content (AvgIpc) is 2.72. The van der Waals surface area contributed by atoms with Gasteiger partial charge in [0.25, 0.3) is 0 Å². The summed E-state index contributed by atoms with van der Waals surface area (Å²) in [5, 5.41) is 9.02. The van der Waals surface area contributed by atoms with E-state index >= 15 is 0 Å². The molecule has 1 heterocycles. The van der Waals surface area contributed by atoms with Gasteiger partial charge in [0.2, 0.25) is 0 Å². The lowest BCUT2D eigenvalue weighted by molar-refractivity contribution is 0.00578. The lowest BCUT2D eigenvalue weighted by Gasteiger charge is -2.32. The van der Waals surface area contributed by atoms with E-state index in [1.807, 2.05) is 24.3 Å². The van der Waals surface area contributed by atoms with Crippen LogP contribution in [-0.4, -0.2) is 36.6 Å². The molecular formula is C18H29BO4. The first-order valence-corrected chi connectivity index (χ1v) is 8.48. The van der Waals surface area contributed by atoms with E-state index in [9.17, 15) is 0 Å². The van der Waals surface area contributed by atoms with Gasteiger partial charge in [-0.15, -0.1) is 0 Å². The molecular weight excluding hydrogens is 291 g/mol. The third-order valence-electron chi connectivity index (χ3n) is 5.01. The van der Waals surface area contributed by atoms with Crippen LogP contribution in [-0.2, 0) is 9.31 Å². The van der Waals surface area contributed by atoms with Crippen molar-refractivity contribution in [2.75, 3.05) is 13.2 Å². The van der Waals surface area contributed by atoms with E-state index in [-0.39, 0.29) is 24.9 Å². The maximum absolute atomic E-state index is 9.02. The molecule has 1 aromatic rings. The fourth-order valence-electron chi connectivity index (χ4n) is 2.50. The summed E-state index contributed by atoms with van der Waals surface area (Å²) in [4.78, 5) is 0. The Morgan fingerprint density at radius 3 is 2.13 bits per heavy atom. The average molecular weight is 320 g/mol. The Kier molecular flexibility index (Phi) is 5.77. The standard InChI is InChI=1S/C18H29BO4/c1-6-14(11-12-20)13-21-16-9-7-15(8-10-16)19-22-17(2,3)18(4,5)23-19/h7-10,14,20H,6,11-13H2,1-5H3. The molecule has 1 atom stereocenters. The summed E-state index contributed by atoms with van der Waals surface area (Å²) in [6, 6.07) is 7.88. The van der Waals surface area contributed by atoms with Crippen molar-refractivity contribution in [3.8, 4) is 5.75 Å². The highest BCUT2D eigenvalue weighted by Gasteiger charge is 2.51. The van der Waals surface area contributed by atoms with Crippen molar-refractivity contribution in [1.82, 2.24) is 0 Å². The van der Waals surface area contributed by atoms with Crippen LogP contribution in [0.5, 0.6) is 5.75 Å². The zero-order valence-electron chi connectivity index (χ0n) is 15.0. The molecule has 0 radical (unpaired) electrons. The normalized spacial score (nSPS) is 20.5. The summed E-state index contributed by atoms with van der Waals surface area (Å²) in [5.74, 6) is 1.23. The van der Waals surface area contributed by atoms with E-state index in [4.69, 9.17) is 19.2 Å². The number of rotatable bonds is 7. The lowest BCUT2D eigenvalue weighted by atomic mass is 9.79. The second kappa shape index (κ2) is 7.24. The molecule has 1 aliphatic rings. The monoisotopic (exact) mass is 320 g/mol. The first-order valence-electron chi connectivity index (χ1n) is 8.48. The van der Waals surface area contributed by atoms with E-state index in [0.29, 0.717) is 12.5 Å². The molecule has 23 heavy (non-hydrogen) atoms. The molecule has 4 nitrogen and oxygen atoms in total. The Hall–Kier alpha value is -1.04. The van der Waals surface area contributed by atoms with Crippen LogP contribution in [0.4, 0.5) is 0 Å². The van der Waals surface area contributed by atoms with E-state index < -0.39 is 0 Å². The number of aliphatic hydroxyl groups excluding tert-OH is 1. The van der Waals surface area contributed by atoms with Gasteiger partial charge < -0.3 is 19.2 Å². The first-order chi connectivity index (χ1) is 10.8. The molecule has 1 fully saturated rings. The smallest absolute Gasteiger partial charge is 0.493 e. The predicted octanol–water partition coefficient (Wildman–Crippen LogP) is 2.77. The summed E-state index contributed by atoms with van der Waals surface area (Å²) in [7, 11) is -0.341. The second-order valence-corrected chi connectivity index (χ2v) is 7.25. The van der Waals surface area contributed by atoms with Crippen molar-refractivity contribution in [2.45, 2.75) is 58.7 Å². The number of hydrogen-bond donors (Lipinski definition) is 1.